The molecule has 0 fully saturated rings. The molecule has 1 unspecified atom stereocenters. The number of benzene rings is 3. The second kappa shape index (κ2) is 10.9. The minimum absolute atomic E-state index is 0.275. The standard InChI is InChI=1S/C26H25ClFN5OS/c1-16-6-4-5-7-22(16)30-25(34)29-18(3)24-31-32-26(35-15-19-9-12-21(28)13-10-19)33(24)23-14-20(27)11-8-17(23)2/h4-14,18H,15H2,1-3H3,(H2,29,30,34). The Morgan fingerprint density at radius 1 is 1.06 bits per heavy atom. The third kappa shape index (κ3) is 6.01. The number of hydrogen-bond acceptors (Lipinski definition) is 4. The van der Waals surface area contributed by atoms with Gasteiger partial charge in [0.25, 0.3) is 0 Å². The van der Waals surface area contributed by atoms with Gasteiger partial charge < -0.3 is 10.6 Å². The predicted octanol–water partition coefficient (Wildman–Crippen LogP) is 6.85. The summed E-state index contributed by atoms with van der Waals surface area (Å²) in [5, 5.41) is 15.9. The summed E-state index contributed by atoms with van der Waals surface area (Å²) >= 11 is 7.79. The quantitative estimate of drug-likeness (QED) is 0.267. The highest BCUT2D eigenvalue weighted by atomic mass is 35.5. The number of nitrogens with one attached hydrogen (secondary N) is 2. The highest BCUT2D eigenvalue weighted by Crippen LogP contribution is 2.30. The molecule has 1 aromatic heterocycles. The molecule has 0 saturated heterocycles. The Bertz CT molecular complexity index is 1340. The topological polar surface area (TPSA) is 71.8 Å². The Morgan fingerprint density at radius 2 is 1.80 bits per heavy atom. The summed E-state index contributed by atoms with van der Waals surface area (Å²) in [4.78, 5) is 12.7. The lowest BCUT2D eigenvalue weighted by atomic mass is 10.2. The molecule has 3 aromatic carbocycles. The number of urea groups is 1. The van der Waals surface area contributed by atoms with Crippen LogP contribution in [0.4, 0.5) is 14.9 Å². The first-order chi connectivity index (χ1) is 16.8. The number of rotatable bonds is 7. The molecule has 4 aromatic rings. The summed E-state index contributed by atoms with van der Waals surface area (Å²) in [6.07, 6.45) is 0. The fraction of sp³-hybridized carbons (Fsp3) is 0.192. The molecule has 2 N–H and O–H groups in total. The van der Waals surface area contributed by atoms with Gasteiger partial charge in [-0.25, -0.2) is 9.18 Å². The lowest BCUT2D eigenvalue weighted by Gasteiger charge is -2.18. The van der Waals surface area contributed by atoms with Crippen molar-refractivity contribution in [2.75, 3.05) is 5.32 Å². The summed E-state index contributed by atoms with van der Waals surface area (Å²) in [5.74, 6) is 0.868. The van der Waals surface area contributed by atoms with Crippen molar-refractivity contribution in [1.82, 2.24) is 20.1 Å². The largest absolute Gasteiger partial charge is 0.328 e. The molecule has 9 heteroatoms. The normalized spacial score (nSPS) is 11.8. The molecular formula is C26H25ClFN5OS. The first kappa shape index (κ1) is 24.8. The molecule has 0 bridgehead atoms. The number of para-hydroxylation sites is 1. The van der Waals surface area contributed by atoms with Crippen molar-refractivity contribution >= 4 is 35.1 Å². The van der Waals surface area contributed by atoms with E-state index in [-0.39, 0.29) is 11.8 Å². The molecule has 0 saturated carbocycles. The van der Waals surface area contributed by atoms with Crippen LogP contribution in [0.2, 0.25) is 5.02 Å². The molecule has 1 heterocycles. The van der Waals surface area contributed by atoms with Gasteiger partial charge in [0, 0.05) is 16.5 Å². The lowest BCUT2D eigenvalue weighted by Crippen LogP contribution is -2.32. The van der Waals surface area contributed by atoms with Gasteiger partial charge >= 0.3 is 6.03 Å². The Morgan fingerprint density at radius 3 is 2.54 bits per heavy atom. The Balaban J connectivity index is 1.61. The van der Waals surface area contributed by atoms with Gasteiger partial charge in [0.05, 0.1) is 11.7 Å². The molecule has 0 aliphatic carbocycles. The highest BCUT2D eigenvalue weighted by molar-refractivity contribution is 7.98. The number of amides is 2. The van der Waals surface area contributed by atoms with Gasteiger partial charge in [-0.05, 0) is 67.8 Å². The van der Waals surface area contributed by atoms with Crippen molar-refractivity contribution in [3.63, 3.8) is 0 Å². The van der Waals surface area contributed by atoms with E-state index in [1.165, 1.54) is 23.9 Å². The molecule has 6 nitrogen and oxygen atoms in total. The molecule has 0 spiro atoms. The van der Waals surface area contributed by atoms with Crippen molar-refractivity contribution in [3.8, 4) is 5.69 Å². The SMILES string of the molecule is Cc1ccccc1NC(=O)NC(C)c1nnc(SCc2ccc(F)cc2)n1-c1cc(Cl)ccc1C. The summed E-state index contributed by atoms with van der Waals surface area (Å²) in [5.41, 5.74) is 4.47. The fourth-order valence-corrected chi connectivity index (χ4v) is 4.64. The van der Waals surface area contributed by atoms with Gasteiger partial charge in [-0.15, -0.1) is 10.2 Å². The van der Waals surface area contributed by atoms with Crippen LogP contribution in [0.3, 0.4) is 0 Å². The summed E-state index contributed by atoms with van der Waals surface area (Å²) in [6.45, 7) is 5.77. The van der Waals surface area contributed by atoms with Crippen molar-refractivity contribution in [3.05, 3.63) is 100 Å². The van der Waals surface area contributed by atoms with Crippen molar-refractivity contribution < 1.29 is 9.18 Å². The Labute approximate surface area is 212 Å². The summed E-state index contributed by atoms with van der Waals surface area (Å²) in [6, 6.07) is 18.7. The number of carbonyl (C=O) groups excluding carboxylic acids is 1. The van der Waals surface area contributed by atoms with Gasteiger partial charge in [0.2, 0.25) is 0 Å². The van der Waals surface area contributed by atoms with E-state index in [1.807, 2.05) is 67.8 Å². The maximum absolute atomic E-state index is 13.3. The van der Waals surface area contributed by atoms with Crippen LogP contribution in [0.5, 0.6) is 0 Å². The van der Waals surface area contributed by atoms with Gasteiger partial charge in [-0.1, -0.05) is 59.8 Å². The summed E-state index contributed by atoms with van der Waals surface area (Å²) in [7, 11) is 0. The van der Waals surface area contributed by atoms with E-state index in [9.17, 15) is 9.18 Å². The second-order valence-electron chi connectivity index (χ2n) is 8.16. The smallest absolute Gasteiger partial charge is 0.319 e. The van der Waals surface area contributed by atoms with Crippen molar-refractivity contribution in [2.24, 2.45) is 0 Å². The minimum Gasteiger partial charge on any atom is -0.328 e. The second-order valence-corrected chi connectivity index (χ2v) is 9.54. The minimum atomic E-state index is -0.454. The van der Waals surface area contributed by atoms with Crippen LogP contribution in [0.15, 0.2) is 71.9 Å². The number of anilines is 1. The third-order valence-electron chi connectivity index (χ3n) is 5.48. The van der Waals surface area contributed by atoms with E-state index in [1.54, 1.807) is 12.1 Å². The molecule has 1 atom stereocenters. The van der Waals surface area contributed by atoms with E-state index in [0.29, 0.717) is 21.8 Å². The van der Waals surface area contributed by atoms with Crippen molar-refractivity contribution in [2.45, 2.75) is 37.7 Å². The molecule has 0 radical (unpaired) electrons. The lowest BCUT2D eigenvalue weighted by molar-refractivity contribution is 0.248. The predicted molar refractivity (Wildman–Crippen MR) is 139 cm³/mol. The number of aromatic nitrogens is 3. The number of hydrogen-bond donors (Lipinski definition) is 2. The molecule has 0 aliphatic heterocycles. The first-order valence-electron chi connectivity index (χ1n) is 11.0. The number of halogens is 2. The Kier molecular flexibility index (Phi) is 7.73. The molecule has 180 valence electrons. The molecule has 4 rings (SSSR count). The highest BCUT2D eigenvalue weighted by Gasteiger charge is 2.22. The van der Waals surface area contributed by atoms with E-state index in [2.05, 4.69) is 20.8 Å². The molecule has 2 amide bonds. The van der Waals surface area contributed by atoms with E-state index in [0.717, 1.165) is 28.1 Å². The van der Waals surface area contributed by atoms with Gasteiger partial charge in [0.15, 0.2) is 11.0 Å². The van der Waals surface area contributed by atoms with Crippen LogP contribution in [0, 0.1) is 19.7 Å². The zero-order chi connectivity index (χ0) is 24.9. The zero-order valence-electron chi connectivity index (χ0n) is 19.5. The zero-order valence-corrected chi connectivity index (χ0v) is 21.1. The van der Waals surface area contributed by atoms with Gasteiger partial charge in [-0.3, -0.25) is 4.57 Å². The van der Waals surface area contributed by atoms with Crippen LogP contribution in [0.1, 0.15) is 35.5 Å². The van der Waals surface area contributed by atoms with Gasteiger partial charge in [0.1, 0.15) is 5.82 Å². The van der Waals surface area contributed by atoms with Crippen molar-refractivity contribution in [1.29, 1.82) is 0 Å². The fourth-order valence-electron chi connectivity index (χ4n) is 3.57. The van der Waals surface area contributed by atoms with Gasteiger partial charge in [-0.2, -0.15) is 0 Å². The Hall–Kier alpha value is -3.36. The molecular weight excluding hydrogens is 485 g/mol. The van der Waals surface area contributed by atoms with Crippen LogP contribution >= 0.6 is 23.4 Å². The average Bonchev–Trinajstić information content (AvgIpc) is 3.25. The van der Waals surface area contributed by atoms with Crippen LogP contribution < -0.4 is 10.6 Å². The van der Waals surface area contributed by atoms with Crippen LogP contribution in [-0.2, 0) is 5.75 Å². The monoisotopic (exact) mass is 509 g/mol. The number of thioether (sulfide) groups is 1. The molecule has 35 heavy (non-hydrogen) atoms. The maximum Gasteiger partial charge on any atom is 0.319 e. The molecule has 0 aliphatic rings. The number of carbonyl (C=O) groups is 1. The van der Waals surface area contributed by atoms with E-state index >= 15 is 0 Å². The number of aryl methyl sites for hydroxylation is 2. The average molecular weight is 510 g/mol. The third-order valence-corrected chi connectivity index (χ3v) is 6.72. The van der Waals surface area contributed by atoms with E-state index in [4.69, 9.17) is 11.6 Å². The van der Waals surface area contributed by atoms with E-state index < -0.39 is 6.04 Å². The van der Waals surface area contributed by atoms with Crippen LogP contribution in [-0.4, -0.2) is 20.8 Å². The first-order valence-corrected chi connectivity index (χ1v) is 12.4. The maximum atomic E-state index is 13.3. The number of nitrogens with zero attached hydrogens (tertiary/aromatic N) is 3. The summed E-state index contributed by atoms with van der Waals surface area (Å²) < 4.78 is 15.2. The van der Waals surface area contributed by atoms with Crippen LogP contribution in [0.25, 0.3) is 5.69 Å².